The van der Waals surface area contributed by atoms with E-state index in [0.717, 1.165) is 0 Å². The number of ether oxygens (including phenoxy) is 1. The van der Waals surface area contributed by atoms with Gasteiger partial charge >= 0.3 is 18.2 Å². The van der Waals surface area contributed by atoms with Crippen molar-refractivity contribution in [3.63, 3.8) is 0 Å². The van der Waals surface area contributed by atoms with E-state index in [1.165, 1.54) is 36.7 Å². The largest absolute Gasteiger partial charge is 0.471 e. The van der Waals surface area contributed by atoms with Gasteiger partial charge in [-0.25, -0.2) is 23.3 Å². The predicted molar refractivity (Wildman–Crippen MR) is 95.2 cm³/mol. The van der Waals surface area contributed by atoms with Gasteiger partial charge in [-0.2, -0.15) is 18.2 Å². The Morgan fingerprint density at radius 3 is 2.48 bits per heavy atom. The highest BCUT2D eigenvalue weighted by molar-refractivity contribution is 7.89. The van der Waals surface area contributed by atoms with E-state index < -0.39 is 28.2 Å². The summed E-state index contributed by atoms with van der Waals surface area (Å²) in [6, 6.07) is 5.44. The molecule has 11 nitrogen and oxygen atoms in total. The minimum atomic E-state index is -4.75. The zero-order chi connectivity index (χ0) is 22.6. The van der Waals surface area contributed by atoms with Crippen LogP contribution in [-0.2, 0) is 34.1 Å². The van der Waals surface area contributed by atoms with Crippen molar-refractivity contribution < 1.29 is 35.6 Å². The molecule has 3 aromatic heterocycles. The third-order valence-corrected chi connectivity index (χ3v) is 4.45. The summed E-state index contributed by atoms with van der Waals surface area (Å²) in [6.45, 7) is -0.197. The first-order valence-electron chi connectivity index (χ1n) is 8.27. The molecule has 0 bridgehead atoms. The maximum atomic E-state index is 12.5. The van der Waals surface area contributed by atoms with Gasteiger partial charge in [0.25, 0.3) is 10.0 Å². The Balaban J connectivity index is 1.50. The van der Waals surface area contributed by atoms with E-state index in [-0.39, 0.29) is 29.6 Å². The molecule has 0 aliphatic carbocycles. The number of nitrogens with one attached hydrogen (secondary N) is 1. The molecule has 0 spiro atoms. The number of pyridine rings is 2. The Hall–Kier alpha value is -3.59. The lowest BCUT2D eigenvalue weighted by molar-refractivity contribution is -0.159. The fourth-order valence-electron chi connectivity index (χ4n) is 2.14. The van der Waals surface area contributed by atoms with E-state index in [2.05, 4.69) is 29.9 Å². The SMILES string of the molecule is NS(=O)(=O)c1ccc(COC(=O)NCc2ccc(-c3noc(C(F)(F)F)n3)cn2)cn1. The normalized spacial score (nSPS) is 11.9. The van der Waals surface area contributed by atoms with E-state index in [1.54, 1.807) is 0 Å². The Bertz CT molecular complexity index is 1160. The van der Waals surface area contributed by atoms with Crippen LogP contribution in [0.2, 0.25) is 0 Å². The van der Waals surface area contributed by atoms with Crippen LogP contribution in [0.15, 0.2) is 46.2 Å². The zero-order valence-corrected chi connectivity index (χ0v) is 16.1. The summed E-state index contributed by atoms with van der Waals surface area (Å²) >= 11 is 0. The Labute approximate surface area is 172 Å². The van der Waals surface area contributed by atoms with Gasteiger partial charge in [-0.15, -0.1) is 0 Å². The Morgan fingerprint density at radius 2 is 1.94 bits per heavy atom. The second kappa shape index (κ2) is 8.65. The molecule has 3 aromatic rings. The van der Waals surface area contributed by atoms with Crippen LogP contribution in [0, 0.1) is 0 Å². The summed E-state index contributed by atoms with van der Waals surface area (Å²) in [6.07, 6.45) is -3.10. The van der Waals surface area contributed by atoms with Gasteiger partial charge in [0.1, 0.15) is 6.61 Å². The highest BCUT2D eigenvalue weighted by Gasteiger charge is 2.38. The van der Waals surface area contributed by atoms with Crippen LogP contribution >= 0.6 is 0 Å². The highest BCUT2D eigenvalue weighted by atomic mass is 32.2. The predicted octanol–water partition coefficient (Wildman–Crippen LogP) is 1.62. The number of alkyl halides is 3. The number of hydrogen-bond acceptors (Lipinski definition) is 9. The fourth-order valence-corrected chi connectivity index (χ4v) is 2.60. The van der Waals surface area contributed by atoms with Crippen LogP contribution in [-0.4, -0.2) is 34.6 Å². The summed E-state index contributed by atoms with van der Waals surface area (Å²) in [5.74, 6) is -1.74. The van der Waals surface area contributed by atoms with E-state index in [4.69, 9.17) is 9.88 Å². The van der Waals surface area contributed by atoms with Crippen LogP contribution in [0.25, 0.3) is 11.4 Å². The van der Waals surface area contributed by atoms with Crippen LogP contribution in [0.3, 0.4) is 0 Å². The number of amides is 1. The number of halogens is 3. The molecule has 0 saturated heterocycles. The maximum absolute atomic E-state index is 12.5. The number of nitrogens with two attached hydrogens (primary N) is 1. The molecule has 0 fully saturated rings. The average Bonchev–Trinajstić information content (AvgIpc) is 3.21. The fraction of sp³-hybridized carbons (Fsp3) is 0.188. The van der Waals surface area contributed by atoms with E-state index in [0.29, 0.717) is 11.3 Å². The Morgan fingerprint density at radius 1 is 1.16 bits per heavy atom. The van der Waals surface area contributed by atoms with Crippen molar-refractivity contribution in [2.75, 3.05) is 0 Å². The number of primary sulfonamides is 1. The van der Waals surface area contributed by atoms with Crippen LogP contribution in [0.4, 0.5) is 18.0 Å². The first-order valence-corrected chi connectivity index (χ1v) is 9.81. The number of aromatic nitrogens is 4. The van der Waals surface area contributed by atoms with Gasteiger partial charge in [-0.1, -0.05) is 11.2 Å². The first kappa shape index (κ1) is 22.1. The van der Waals surface area contributed by atoms with Gasteiger partial charge in [0.05, 0.1) is 12.2 Å². The number of carbonyl (C=O) groups is 1. The standard InChI is InChI=1S/C16H13F3N6O5S/c17-16(18,19)14-24-13(25-30-14)10-2-3-11(21-6-10)7-23-15(26)29-8-9-1-4-12(22-5-9)31(20,27)28/h1-6H,7-8H2,(H,23,26)(H2,20,27,28). The van der Waals surface area contributed by atoms with Gasteiger partial charge in [0, 0.05) is 23.5 Å². The minimum Gasteiger partial charge on any atom is -0.445 e. The molecule has 3 rings (SSSR count). The number of nitrogens with zero attached hydrogens (tertiary/aromatic N) is 4. The van der Waals surface area contributed by atoms with Crippen LogP contribution < -0.4 is 10.5 Å². The molecular formula is C16H13F3N6O5S. The molecule has 0 unspecified atom stereocenters. The van der Waals surface area contributed by atoms with Crippen molar-refractivity contribution in [1.29, 1.82) is 0 Å². The highest BCUT2D eigenvalue weighted by Crippen LogP contribution is 2.29. The molecular weight excluding hydrogens is 445 g/mol. The summed E-state index contributed by atoms with van der Waals surface area (Å²) in [7, 11) is -3.92. The number of hydrogen-bond donors (Lipinski definition) is 2. The molecule has 15 heteroatoms. The van der Waals surface area contributed by atoms with Crippen molar-refractivity contribution in [2.24, 2.45) is 5.14 Å². The van der Waals surface area contributed by atoms with E-state index >= 15 is 0 Å². The molecule has 1 amide bonds. The smallest absolute Gasteiger partial charge is 0.445 e. The van der Waals surface area contributed by atoms with Gasteiger partial charge in [0.15, 0.2) is 5.03 Å². The molecule has 31 heavy (non-hydrogen) atoms. The summed E-state index contributed by atoms with van der Waals surface area (Å²) in [5, 5.41) is 10.3. The van der Waals surface area contributed by atoms with Gasteiger partial charge in [-0.05, 0) is 18.2 Å². The van der Waals surface area contributed by atoms with E-state index in [1.807, 2.05) is 0 Å². The molecule has 0 saturated carbocycles. The summed E-state index contributed by atoms with van der Waals surface area (Å²) < 4.78 is 68.9. The molecule has 0 atom stereocenters. The molecule has 3 N–H and O–H groups in total. The lowest BCUT2D eigenvalue weighted by Gasteiger charge is -2.07. The van der Waals surface area contributed by atoms with Gasteiger partial charge in [-0.3, -0.25) is 4.98 Å². The van der Waals surface area contributed by atoms with Crippen molar-refractivity contribution in [3.8, 4) is 11.4 Å². The van der Waals surface area contributed by atoms with Crippen LogP contribution in [0.5, 0.6) is 0 Å². The van der Waals surface area contributed by atoms with Crippen molar-refractivity contribution in [2.45, 2.75) is 24.4 Å². The minimum absolute atomic E-state index is 0.0260. The number of carbonyl (C=O) groups excluding carboxylic acids is 1. The molecule has 3 heterocycles. The lowest BCUT2D eigenvalue weighted by Crippen LogP contribution is -2.24. The number of rotatable bonds is 6. The molecule has 164 valence electrons. The van der Waals surface area contributed by atoms with Crippen molar-refractivity contribution >= 4 is 16.1 Å². The monoisotopic (exact) mass is 458 g/mol. The first-order chi connectivity index (χ1) is 14.5. The third kappa shape index (κ3) is 5.95. The molecule has 0 radical (unpaired) electrons. The number of alkyl carbamates (subject to hydrolysis) is 1. The summed E-state index contributed by atoms with van der Waals surface area (Å²) in [4.78, 5) is 22.7. The number of sulfonamides is 1. The summed E-state index contributed by atoms with van der Waals surface area (Å²) in [5.41, 5.74) is 1.02. The molecule has 0 aliphatic rings. The second-order valence-electron chi connectivity index (χ2n) is 5.94. The molecule has 0 aromatic carbocycles. The zero-order valence-electron chi connectivity index (χ0n) is 15.3. The van der Waals surface area contributed by atoms with E-state index in [9.17, 15) is 26.4 Å². The molecule has 0 aliphatic heterocycles. The third-order valence-electron chi connectivity index (χ3n) is 3.62. The second-order valence-corrected chi connectivity index (χ2v) is 7.45. The quantitative estimate of drug-likeness (QED) is 0.558. The van der Waals surface area contributed by atoms with Crippen LogP contribution in [0.1, 0.15) is 17.1 Å². The van der Waals surface area contributed by atoms with Crippen molar-refractivity contribution in [3.05, 3.63) is 53.8 Å². The average molecular weight is 458 g/mol. The topological polar surface area (TPSA) is 163 Å². The van der Waals surface area contributed by atoms with Gasteiger partial charge in [0.2, 0.25) is 5.82 Å². The lowest BCUT2D eigenvalue weighted by atomic mass is 10.2. The van der Waals surface area contributed by atoms with Gasteiger partial charge < -0.3 is 14.6 Å². The Kier molecular flexibility index (Phi) is 6.16. The van der Waals surface area contributed by atoms with Crippen molar-refractivity contribution in [1.82, 2.24) is 25.4 Å². The maximum Gasteiger partial charge on any atom is 0.471 e.